The van der Waals surface area contributed by atoms with Crippen molar-refractivity contribution in [3.05, 3.63) is 0 Å². The van der Waals surface area contributed by atoms with Crippen molar-refractivity contribution < 1.29 is 5.11 Å². The van der Waals surface area contributed by atoms with Crippen molar-refractivity contribution in [2.75, 3.05) is 6.54 Å². The maximum absolute atomic E-state index is 11.0. The van der Waals surface area contributed by atoms with Gasteiger partial charge in [0, 0.05) is 18.5 Å². The number of piperidine rings is 1. The number of hydrogen-bond donors (Lipinski definition) is 1. The minimum absolute atomic E-state index is 0.269. The molecule has 2 fully saturated rings. The quantitative estimate of drug-likeness (QED) is 0.476. The fourth-order valence-electron chi connectivity index (χ4n) is 1.79. The molecule has 1 saturated carbocycles. The molecule has 2 bridgehead atoms. The third-order valence-corrected chi connectivity index (χ3v) is 2.35. The minimum atomic E-state index is -0.269. The summed E-state index contributed by atoms with van der Waals surface area (Å²) in [5.41, 5.74) is 0. The van der Waals surface area contributed by atoms with Crippen molar-refractivity contribution in [2.24, 2.45) is 5.92 Å². The Morgan fingerprint density at radius 2 is 2.25 bits per heavy atom. The predicted octanol–water partition coefficient (Wildman–Crippen LogP) is 0.167. The van der Waals surface area contributed by atoms with Gasteiger partial charge in [-0.05, 0) is 12.8 Å². The Bertz CT molecular complexity index is 84.7. The highest BCUT2D eigenvalue weighted by molar-refractivity contribution is 4.96. The molecule has 0 aromatic rings. The molecule has 3 unspecified atom stereocenters. The molecule has 2 aliphatic rings. The largest absolute Gasteiger partial charge is 0.311 e. The molecule has 3 atom stereocenters. The monoisotopic (exact) mass is 112 g/mol. The van der Waals surface area contributed by atoms with Crippen LogP contribution in [0.25, 0.3) is 0 Å². The highest BCUT2D eigenvalue weighted by atomic mass is 16.3. The standard InChI is InChI=1S/C6H10NO/c8-6-4-1-2-5(6)7-3-4/h4-7H,1-3H2. The molecule has 2 nitrogen and oxygen atoms in total. The van der Waals surface area contributed by atoms with E-state index in [-0.39, 0.29) is 6.10 Å². The number of nitrogens with one attached hydrogen (secondary N) is 1. The summed E-state index contributed by atoms with van der Waals surface area (Å²) in [7, 11) is 0. The molecule has 0 aromatic carbocycles. The van der Waals surface area contributed by atoms with Crippen LogP contribution in [-0.2, 0) is 5.11 Å². The van der Waals surface area contributed by atoms with Crippen molar-refractivity contribution >= 4 is 0 Å². The molecular formula is C6H10NO. The van der Waals surface area contributed by atoms with Gasteiger partial charge in [0.25, 0.3) is 0 Å². The zero-order valence-electron chi connectivity index (χ0n) is 4.76. The third-order valence-electron chi connectivity index (χ3n) is 2.35. The summed E-state index contributed by atoms with van der Waals surface area (Å²) < 4.78 is 0. The van der Waals surface area contributed by atoms with E-state index < -0.39 is 0 Å². The summed E-state index contributed by atoms with van der Waals surface area (Å²) in [5.74, 6) is 0.472. The third kappa shape index (κ3) is 0.446. The van der Waals surface area contributed by atoms with Gasteiger partial charge in [-0.3, -0.25) is 0 Å². The molecule has 8 heavy (non-hydrogen) atoms. The van der Waals surface area contributed by atoms with E-state index in [1.165, 1.54) is 6.42 Å². The summed E-state index contributed by atoms with van der Waals surface area (Å²) in [6, 6.07) is 0.333. The van der Waals surface area contributed by atoms with Gasteiger partial charge in [0.1, 0.15) is 6.10 Å². The fourth-order valence-corrected chi connectivity index (χ4v) is 1.79. The van der Waals surface area contributed by atoms with Gasteiger partial charge in [-0.25, -0.2) is 5.11 Å². The van der Waals surface area contributed by atoms with Crippen LogP contribution < -0.4 is 5.32 Å². The lowest BCUT2D eigenvalue weighted by atomic mass is 10.1. The smallest absolute Gasteiger partial charge is 0.112 e. The van der Waals surface area contributed by atoms with Gasteiger partial charge in [-0.2, -0.15) is 0 Å². The molecule has 0 aromatic heterocycles. The maximum Gasteiger partial charge on any atom is 0.112 e. The molecule has 1 aliphatic carbocycles. The molecule has 1 saturated heterocycles. The molecule has 1 aliphatic heterocycles. The Morgan fingerprint density at radius 1 is 1.38 bits per heavy atom. The summed E-state index contributed by atoms with van der Waals surface area (Å²) in [6.07, 6.45) is 2.03. The van der Waals surface area contributed by atoms with E-state index in [1.54, 1.807) is 0 Å². The van der Waals surface area contributed by atoms with Gasteiger partial charge in [0.2, 0.25) is 0 Å². The van der Waals surface area contributed by atoms with Crippen LogP contribution in [0, 0.1) is 5.92 Å². The number of fused-ring (bicyclic) bond motifs is 2. The van der Waals surface area contributed by atoms with Crippen LogP contribution in [0.2, 0.25) is 0 Å². The van der Waals surface area contributed by atoms with Gasteiger partial charge < -0.3 is 5.32 Å². The molecule has 1 radical (unpaired) electrons. The first-order chi connectivity index (χ1) is 3.88. The van der Waals surface area contributed by atoms with Crippen LogP contribution in [0.1, 0.15) is 12.8 Å². The van der Waals surface area contributed by atoms with Gasteiger partial charge in [-0.1, -0.05) is 0 Å². The fraction of sp³-hybridized carbons (Fsp3) is 1.00. The molecule has 2 rings (SSSR count). The van der Waals surface area contributed by atoms with Crippen LogP contribution in [0.15, 0.2) is 0 Å². The Morgan fingerprint density at radius 3 is 2.38 bits per heavy atom. The second kappa shape index (κ2) is 1.45. The van der Waals surface area contributed by atoms with E-state index in [0.29, 0.717) is 12.0 Å². The Balaban J connectivity index is 2.16. The lowest BCUT2D eigenvalue weighted by Crippen LogP contribution is -2.27. The van der Waals surface area contributed by atoms with Crippen molar-refractivity contribution in [2.45, 2.75) is 25.0 Å². The van der Waals surface area contributed by atoms with Crippen LogP contribution in [0.3, 0.4) is 0 Å². The lowest BCUT2D eigenvalue weighted by molar-refractivity contribution is 0.0692. The van der Waals surface area contributed by atoms with E-state index in [1.807, 2.05) is 0 Å². The maximum atomic E-state index is 11.0. The second-order valence-corrected chi connectivity index (χ2v) is 2.82. The highest BCUT2D eigenvalue weighted by Crippen LogP contribution is 2.31. The first kappa shape index (κ1) is 4.77. The van der Waals surface area contributed by atoms with Crippen LogP contribution in [0.5, 0.6) is 0 Å². The molecule has 0 spiro atoms. The molecular weight excluding hydrogens is 102 g/mol. The predicted molar refractivity (Wildman–Crippen MR) is 29.0 cm³/mol. The summed E-state index contributed by atoms with van der Waals surface area (Å²) in [5, 5.41) is 14.2. The molecule has 1 N–H and O–H groups in total. The summed E-state index contributed by atoms with van der Waals surface area (Å²) >= 11 is 0. The average molecular weight is 112 g/mol. The highest BCUT2D eigenvalue weighted by Gasteiger charge is 2.41. The second-order valence-electron chi connectivity index (χ2n) is 2.82. The Kier molecular flexibility index (Phi) is 0.866. The summed E-state index contributed by atoms with van der Waals surface area (Å²) in [6.45, 7) is 0.985. The first-order valence-electron chi connectivity index (χ1n) is 3.27. The molecule has 45 valence electrons. The summed E-state index contributed by atoms with van der Waals surface area (Å²) in [4.78, 5) is 0. The van der Waals surface area contributed by atoms with E-state index >= 15 is 0 Å². The molecule has 2 heteroatoms. The van der Waals surface area contributed by atoms with E-state index in [0.717, 1.165) is 13.0 Å². The zero-order chi connectivity index (χ0) is 5.56. The minimum Gasteiger partial charge on any atom is -0.311 e. The Labute approximate surface area is 48.9 Å². The van der Waals surface area contributed by atoms with Gasteiger partial charge in [0.05, 0.1) is 0 Å². The van der Waals surface area contributed by atoms with Crippen molar-refractivity contribution in [3.8, 4) is 0 Å². The number of hydrogen-bond acceptors (Lipinski definition) is 1. The van der Waals surface area contributed by atoms with Crippen molar-refractivity contribution in [3.63, 3.8) is 0 Å². The molecule has 0 amide bonds. The van der Waals surface area contributed by atoms with E-state index in [2.05, 4.69) is 5.32 Å². The van der Waals surface area contributed by atoms with Gasteiger partial charge >= 0.3 is 0 Å². The van der Waals surface area contributed by atoms with Crippen molar-refractivity contribution in [1.29, 1.82) is 0 Å². The van der Waals surface area contributed by atoms with E-state index in [9.17, 15) is 5.11 Å². The molecule has 1 heterocycles. The normalized spacial score (nSPS) is 52.9. The lowest BCUT2D eigenvalue weighted by Gasteiger charge is -2.07. The topological polar surface area (TPSA) is 31.9 Å². The van der Waals surface area contributed by atoms with E-state index in [4.69, 9.17) is 0 Å². The number of rotatable bonds is 0. The van der Waals surface area contributed by atoms with Crippen LogP contribution in [-0.4, -0.2) is 18.7 Å². The average Bonchev–Trinajstić information content (AvgIpc) is 2.29. The van der Waals surface area contributed by atoms with Crippen LogP contribution >= 0.6 is 0 Å². The Hall–Kier alpha value is -0.0800. The van der Waals surface area contributed by atoms with Gasteiger partial charge in [0.15, 0.2) is 0 Å². The first-order valence-corrected chi connectivity index (χ1v) is 3.27. The zero-order valence-corrected chi connectivity index (χ0v) is 4.76. The van der Waals surface area contributed by atoms with Gasteiger partial charge in [-0.15, -0.1) is 0 Å². The van der Waals surface area contributed by atoms with Crippen LogP contribution in [0.4, 0.5) is 0 Å². The SMILES string of the molecule is [O]C1C2CCC1NC2. The van der Waals surface area contributed by atoms with Crippen molar-refractivity contribution in [1.82, 2.24) is 5.32 Å².